The zero-order valence-electron chi connectivity index (χ0n) is 21.3. The van der Waals surface area contributed by atoms with E-state index in [-0.39, 0.29) is 0 Å². The first kappa shape index (κ1) is 28.3. The minimum Gasteiger partial charge on any atom is -0.298 e. The minimum atomic E-state index is 0.332. The van der Waals surface area contributed by atoms with Crippen LogP contribution in [0.2, 0.25) is 0 Å². The van der Waals surface area contributed by atoms with Crippen LogP contribution in [-0.4, -0.2) is 39.9 Å². The highest BCUT2D eigenvalue weighted by atomic mass is 32.1. The van der Waals surface area contributed by atoms with Crippen LogP contribution in [0.3, 0.4) is 0 Å². The summed E-state index contributed by atoms with van der Waals surface area (Å²) in [6, 6.07) is 2.40. The highest BCUT2D eigenvalue weighted by molar-refractivity contribution is 7.77. The van der Waals surface area contributed by atoms with Crippen molar-refractivity contribution in [3.05, 3.63) is 0 Å². The molecule has 0 rings (SSSR count). The second-order valence-corrected chi connectivity index (χ2v) is 10.7. The van der Waals surface area contributed by atoms with Gasteiger partial charge in [0.15, 0.2) is 0 Å². The molecule has 0 saturated carbocycles. The van der Waals surface area contributed by atoms with E-state index in [9.17, 15) is 0 Å². The fourth-order valence-corrected chi connectivity index (χ4v) is 5.20. The lowest BCUT2D eigenvalue weighted by atomic mass is 9.67. The van der Waals surface area contributed by atoms with Gasteiger partial charge in [0.25, 0.3) is 0 Å². The third kappa shape index (κ3) is 8.56. The third-order valence-electron chi connectivity index (χ3n) is 7.74. The first-order valence-electron chi connectivity index (χ1n) is 12.2. The highest BCUT2D eigenvalue weighted by Crippen LogP contribution is 2.41. The molecule has 3 heteroatoms. The molecule has 0 bridgehead atoms. The van der Waals surface area contributed by atoms with Gasteiger partial charge in [-0.25, -0.2) is 4.31 Å². The van der Waals surface area contributed by atoms with E-state index >= 15 is 0 Å². The van der Waals surface area contributed by atoms with Gasteiger partial charge in [0.05, 0.1) is 0 Å². The van der Waals surface area contributed by atoms with E-state index in [1.165, 1.54) is 38.5 Å². The Balaban J connectivity index is 4.91. The second-order valence-electron chi connectivity index (χ2n) is 10.3. The Hall–Kier alpha value is 0.270. The fraction of sp³-hybridized carbons (Fsp3) is 1.00. The molecular weight excluding hydrogens is 360 g/mol. The molecule has 0 aromatic rings. The normalized spacial score (nSPS) is 19.5. The summed E-state index contributed by atoms with van der Waals surface area (Å²) >= 11 is 4.84. The van der Waals surface area contributed by atoms with Gasteiger partial charge in [0.1, 0.15) is 0 Å². The first-order valence-corrected chi connectivity index (χ1v) is 12.6. The van der Waals surface area contributed by atoms with Gasteiger partial charge in [-0.1, -0.05) is 74.1 Å². The Morgan fingerprint density at radius 1 is 0.679 bits per heavy atom. The van der Waals surface area contributed by atoms with E-state index in [1.807, 2.05) is 0 Å². The van der Waals surface area contributed by atoms with Crippen LogP contribution in [0.1, 0.15) is 115 Å². The lowest BCUT2D eigenvalue weighted by molar-refractivity contribution is 0.0666. The smallest absolute Gasteiger partial charge is 0.0177 e. The Morgan fingerprint density at radius 2 is 1.11 bits per heavy atom. The first-order chi connectivity index (χ1) is 12.9. The van der Waals surface area contributed by atoms with Crippen molar-refractivity contribution in [1.29, 1.82) is 0 Å². The van der Waals surface area contributed by atoms with Gasteiger partial charge in [0, 0.05) is 24.2 Å². The minimum absolute atomic E-state index is 0.332. The van der Waals surface area contributed by atoms with Crippen molar-refractivity contribution in [3.8, 4) is 0 Å². The van der Waals surface area contributed by atoms with Gasteiger partial charge >= 0.3 is 0 Å². The molecule has 0 fully saturated rings. The molecule has 0 aromatic carbocycles. The molecule has 0 aliphatic rings. The molecule has 6 unspecified atom stereocenters. The number of nitrogens with zero attached hydrogens (tertiary/aromatic N) is 2. The third-order valence-corrected chi connectivity index (χ3v) is 8.53. The van der Waals surface area contributed by atoms with Crippen LogP contribution >= 0.6 is 12.8 Å². The predicted molar refractivity (Wildman–Crippen MR) is 132 cm³/mol. The quantitative estimate of drug-likeness (QED) is 0.274. The Kier molecular flexibility index (Phi) is 13.7. The van der Waals surface area contributed by atoms with Crippen LogP contribution in [-0.2, 0) is 0 Å². The molecule has 0 radical (unpaired) electrons. The van der Waals surface area contributed by atoms with Crippen molar-refractivity contribution < 1.29 is 0 Å². The topological polar surface area (TPSA) is 6.48 Å². The summed E-state index contributed by atoms with van der Waals surface area (Å²) in [4.78, 5) is 2.71. The largest absolute Gasteiger partial charge is 0.298 e. The molecule has 170 valence electrons. The van der Waals surface area contributed by atoms with Gasteiger partial charge in [0.2, 0.25) is 0 Å². The molecule has 0 N–H and O–H groups in total. The maximum Gasteiger partial charge on any atom is 0.0177 e. The standard InChI is InChI=1S/C25H54N2S/c1-12-15-21(6)26(14-3)23(8)17-19(4)25(10,11)20(5)18-24(9)27(28)22(7)16-13-2/h19-24,28H,12-18H2,1-11H3. The van der Waals surface area contributed by atoms with Crippen molar-refractivity contribution in [2.45, 2.75) is 139 Å². The van der Waals surface area contributed by atoms with E-state index in [0.717, 1.165) is 6.54 Å². The lowest BCUT2D eigenvalue weighted by Crippen LogP contribution is -2.43. The van der Waals surface area contributed by atoms with Crippen molar-refractivity contribution >= 4 is 12.8 Å². The van der Waals surface area contributed by atoms with Crippen LogP contribution in [0.5, 0.6) is 0 Å². The number of hydrogen-bond donors (Lipinski definition) is 1. The zero-order chi connectivity index (χ0) is 22.1. The van der Waals surface area contributed by atoms with Gasteiger partial charge in [-0.05, 0) is 77.2 Å². The number of thiol groups is 1. The monoisotopic (exact) mass is 414 g/mol. The Bertz CT molecular complexity index is 398. The molecule has 0 spiro atoms. The fourth-order valence-electron chi connectivity index (χ4n) is 4.99. The van der Waals surface area contributed by atoms with Crippen molar-refractivity contribution in [1.82, 2.24) is 9.21 Å². The molecular formula is C25H54N2S. The van der Waals surface area contributed by atoms with Crippen molar-refractivity contribution in [2.24, 2.45) is 17.3 Å². The molecule has 6 atom stereocenters. The number of rotatable bonds is 15. The summed E-state index contributed by atoms with van der Waals surface area (Å²) in [5.74, 6) is 1.38. The Morgan fingerprint density at radius 3 is 1.54 bits per heavy atom. The predicted octanol–water partition coefficient (Wildman–Crippen LogP) is 7.69. The van der Waals surface area contributed by atoms with E-state index in [0.29, 0.717) is 41.4 Å². The molecule has 2 nitrogen and oxygen atoms in total. The average molecular weight is 415 g/mol. The lowest BCUT2D eigenvalue weighted by Gasteiger charge is -2.43. The van der Waals surface area contributed by atoms with Crippen LogP contribution in [0.15, 0.2) is 0 Å². The van der Waals surface area contributed by atoms with Crippen molar-refractivity contribution in [2.75, 3.05) is 6.54 Å². The molecule has 0 heterocycles. The van der Waals surface area contributed by atoms with Gasteiger partial charge in [-0.3, -0.25) is 4.90 Å². The van der Waals surface area contributed by atoms with Crippen LogP contribution < -0.4 is 0 Å². The maximum atomic E-state index is 4.84. The van der Waals surface area contributed by atoms with Gasteiger partial charge in [-0.15, -0.1) is 0 Å². The van der Waals surface area contributed by atoms with Gasteiger partial charge < -0.3 is 0 Å². The summed E-state index contributed by atoms with van der Waals surface area (Å²) in [5, 5.41) is 0. The maximum absolute atomic E-state index is 4.84. The van der Waals surface area contributed by atoms with E-state index < -0.39 is 0 Å². The van der Waals surface area contributed by atoms with E-state index in [4.69, 9.17) is 12.8 Å². The zero-order valence-corrected chi connectivity index (χ0v) is 22.1. The summed E-state index contributed by atoms with van der Waals surface area (Å²) in [7, 11) is 0. The van der Waals surface area contributed by atoms with Crippen LogP contribution in [0.25, 0.3) is 0 Å². The molecule has 28 heavy (non-hydrogen) atoms. The molecule has 0 aliphatic carbocycles. The summed E-state index contributed by atoms with van der Waals surface area (Å²) < 4.78 is 2.30. The van der Waals surface area contributed by atoms with E-state index in [1.54, 1.807) is 0 Å². The summed E-state index contributed by atoms with van der Waals surface area (Å²) in [6.45, 7) is 27.5. The molecule has 0 amide bonds. The molecule has 0 aliphatic heterocycles. The Labute approximate surface area is 184 Å². The second kappa shape index (κ2) is 13.5. The van der Waals surface area contributed by atoms with Crippen LogP contribution in [0.4, 0.5) is 0 Å². The number of hydrogen-bond acceptors (Lipinski definition) is 3. The highest BCUT2D eigenvalue weighted by Gasteiger charge is 2.35. The average Bonchev–Trinajstić information content (AvgIpc) is 2.61. The van der Waals surface area contributed by atoms with E-state index in [2.05, 4.69) is 85.4 Å². The van der Waals surface area contributed by atoms with Crippen molar-refractivity contribution in [3.63, 3.8) is 0 Å². The molecule has 0 aromatic heterocycles. The molecule has 0 saturated heterocycles. The summed E-state index contributed by atoms with van der Waals surface area (Å²) in [6.07, 6.45) is 7.53. The SMILES string of the molecule is CCCC(C)N(S)C(C)CC(C)C(C)(C)C(C)CC(C)N(CC)C(C)CCC. The van der Waals surface area contributed by atoms with Crippen LogP contribution in [0, 0.1) is 17.3 Å². The van der Waals surface area contributed by atoms with Gasteiger partial charge in [-0.2, -0.15) is 0 Å². The summed E-state index contributed by atoms with van der Waals surface area (Å²) in [5.41, 5.74) is 0.332.